The van der Waals surface area contributed by atoms with Gasteiger partial charge in [-0.1, -0.05) is 0 Å². The summed E-state index contributed by atoms with van der Waals surface area (Å²) in [6.07, 6.45) is 6.77. The van der Waals surface area contributed by atoms with Crippen molar-refractivity contribution in [3.63, 3.8) is 0 Å². The molecule has 4 heterocycles. The van der Waals surface area contributed by atoms with Crippen LogP contribution in [0.15, 0.2) is 35.5 Å². The van der Waals surface area contributed by atoms with E-state index in [1.54, 1.807) is 21.6 Å². The summed E-state index contributed by atoms with van der Waals surface area (Å²) in [4.78, 5) is 36.8. The van der Waals surface area contributed by atoms with Crippen LogP contribution in [0.2, 0.25) is 0 Å². The summed E-state index contributed by atoms with van der Waals surface area (Å²) in [6, 6.07) is 3.81. The van der Waals surface area contributed by atoms with Crippen molar-refractivity contribution in [2.45, 2.75) is 58.7 Å². The van der Waals surface area contributed by atoms with E-state index in [9.17, 15) is 14.7 Å². The Labute approximate surface area is 219 Å². The Kier molecular flexibility index (Phi) is 5.48. The second-order valence-electron chi connectivity index (χ2n) is 11.7. The quantitative estimate of drug-likeness (QED) is 0.438. The summed E-state index contributed by atoms with van der Waals surface area (Å²) in [7, 11) is 1.83. The molecule has 1 saturated carbocycles. The molecule has 1 aromatic carbocycles. The molecule has 6 rings (SSSR count). The number of phenols is 1. The minimum absolute atomic E-state index is 0.0839. The lowest BCUT2D eigenvalue weighted by atomic mass is 9.94. The number of piperidine rings is 1. The zero-order valence-corrected chi connectivity index (χ0v) is 22.3. The maximum absolute atomic E-state index is 13.3. The molecule has 4 aromatic rings. The largest absolute Gasteiger partial charge is 0.507 e. The zero-order chi connectivity index (χ0) is 26.9. The standard InChI is InChI=1S/C28H32N6O4/c1-15-23-18(12-32(5)31-23)10-20(24(15)35)25-29-11-21-22(30-25)6-7-33(26(21)36)13-16-8-19-9-17(16)14-34(19)27(37)38-28(2,3)4/h6-7,10-12,16-17,19,35H,8-9,13-14H2,1-5H3/t16-,17?,19?/m1/s1. The Balaban J connectivity index is 1.23. The van der Waals surface area contributed by atoms with Crippen LogP contribution in [0.3, 0.4) is 0 Å². The summed E-state index contributed by atoms with van der Waals surface area (Å²) in [5.74, 6) is 1.11. The third-order valence-corrected chi connectivity index (χ3v) is 7.83. The predicted molar refractivity (Wildman–Crippen MR) is 143 cm³/mol. The highest BCUT2D eigenvalue weighted by atomic mass is 16.6. The lowest BCUT2D eigenvalue weighted by molar-refractivity contribution is 0.0156. The van der Waals surface area contributed by atoms with Crippen molar-refractivity contribution in [2.75, 3.05) is 6.54 Å². The molecule has 198 valence electrons. The summed E-state index contributed by atoms with van der Waals surface area (Å²) < 4.78 is 9.01. The minimum Gasteiger partial charge on any atom is -0.507 e. The third-order valence-electron chi connectivity index (χ3n) is 7.83. The summed E-state index contributed by atoms with van der Waals surface area (Å²) in [6.45, 7) is 8.72. The van der Waals surface area contributed by atoms with Gasteiger partial charge in [0.05, 0.1) is 22.0 Å². The van der Waals surface area contributed by atoms with E-state index in [0.29, 0.717) is 52.8 Å². The molecular formula is C28H32N6O4. The number of ether oxygens (including phenoxy) is 1. The first-order valence-corrected chi connectivity index (χ1v) is 13.0. The fourth-order valence-electron chi connectivity index (χ4n) is 6.04. The number of aromatic hydroxyl groups is 1. The van der Waals surface area contributed by atoms with Crippen LogP contribution in [-0.2, 0) is 18.3 Å². The average molecular weight is 517 g/mol. The average Bonchev–Trinajstić information content (AvgIpc) is 3.55. The number of hydrogen-bond acceptors (Lipinski definition) is 7. The van der Waals surface area contributed by atoms with Gasteiger partial charge < -0.3 is 19.3 Å². The van der Waals surface area contributed by atoms with Gasteiger partial charge in [-0.25, -0.2) is 14.8 Å². The number of aryl methyl sites for hydroxylation is 2. The van der Waals surface area contributed by atoms with E-state index >= 15 is 0 Å². The van der Waals surface area contributed by atoms with Gasteiger partial charge in [0, 0.05) is 55.7 Å². The smallest absolute Gasteiger partial charge is 0.410 e. The normalized spacial score (nSPS) is 21.1. The maximum Gasteiger partial charge on any atom is 0.410 e. The van der Waals surface area contributed by atoms with Gasteiger partial charge in [-0.15, -0.1) is 0 Å². The Morgan fingerprint density at radius 1 is 1.26 bits per heavy atom. The van der Waals surface area contributed by atoms with Crippen LogP contribution >= 0.6 is 0 Å². The van der Waals surface area contributed by atoms with Crippen LogP contribution < -0.4 is 5.56 Å². The Hall–Kier alpha value is -3.95. The number of carbonyl (C=O) groups is 1. The number of likely N-dealkylation sites (tertiary alicyclic amines) is 1. The maximum atomic E-state index is 13.3. The Bertz CT molecular complexity index is 1650. The number of phenolic OH excluding ortho intramolecular Hbond substituents is 1. The summed E-state index contributed by atoms with van der Waals surface area (Å²) in [5.41, 5.74) is 1.78. The van der Waals surface area contributed by atoms with Gasteiger partial charge in [0.1, 0.15) is 11.4 Å². The number of nitrogens with zero attached hydrogens (tertiary/aromatic N) is 6. The molecule has 0 spiro atoms. The van der Waals surface area contributed by atoms with E-state index in [-0.39, 0.29) is 23.4 Å². The highest BCUT2D eigenvalue weighted by Crippen LogP contribution is 2.43. The number of rotatable bonds is 3. The van der Waals surface area contributed by atoms with Crippen molar-refractivity contribution in [3.8, 4) is 17.1 Å². The number of aromatic nitrogens is 5. The first kappa shape index (κ1) is 24.4. The monoisotopic (exact) mass is 516 g/mol. The molecule has 1 amide bonds. The molecule has 0 radical (unpaired) electrons. The number of hydrogen-bond donors (Lipinski definition) is 1. The molecule has 1 aliphatic carbocycles. The molecule has 2 bridgehead atoms. The number of carbonyl (C=O) groups excluding carboxylic acids is 1. The van der Waals surface area contributed by atoms with Gasteiger partial charge >= 0.3 is 6.09 Å². The van der Waals surface area contributed by atoms with Crippen molar-refractivity contribution >= 4 is 27.9 Å². The molecule has 10 heteroatoms. The molecule has 1 N–H and O–H groups in total. The molecule has 38 heavy (non-hydrogen) atoms. The van der Waals surface area contributed by atoms with Crippen molar-refractivity contribution in [1.29, 1.82) is 0 Å². The van der Waals surface area contributed by atoms with Gasteiger partial charge in [-0.2, -0.15) is 5.10 Å². The van der Waals surface area contributed by atoms with E-state index in [0.717, 1.165) is 23.7 Å². The van der Waals surface area contributed by atoms with Crippen molar-refractivity contribution in [1.82, 2.24) is 29.2 Å². The second kappa shape index (κ2) is 8.54. The minimum atomic E-state index is -0.512. The fraction of sp³-hybridized carbons (Fsp3) is 0.464. The van der Waals surface area contributed by atoms with E-state index in [2.05, 4.69) is 15.1 Å². The molecule has 3 aromatic heterocycles. The summed E-state index contributed by atoms with van der Waals surface area (Å²) >= 11 is 0. The van der Waals surface area contributed by atoms with Crippen LogP contribution in [0.25, 0.3) is 33.2 Å². The lowest BCUT2D eigenvalue weighted by Crippen LogP contribution is -2.43. The second-order valence-corrected chi connectivity index (χ2v) is 11.7. The van der Waals surface area contributed by atoms with Crippen molar-refractivity contribution < 1.29 is 14.6 Å². The highest BCUT2D eigenvalue weighted by molar-refractivity contribution is 5.90. The van der Waals surface area contributed by atoms with Gasteiger partial charge in [-0.3, -0.25) is 9.48 Å². The first-order valence-electron chi connectivity index (χ1n) is 13.0. The Morgan fingerprint density at radius 3 is 2.76 bits per heavy atom. The highest BCUT2D eigenvalue weighted by Gasteiger charge is 2.47. The molecule has 1 saturated heterocycles. The molecule has 2 unspecified atom stereocenters. The van der Waals surface area contributed by atoms with E-state index in [1.807, 2.05) is 58.0 Å². The van der Waals surface area contributed by atoms with Crippen LogP contribution in [0.1, 0.15) is 39.2 Å². The molecule has 1 aliphatic heterocycles. The molecular weight excluding hydrogens is 484 g/mol. The molecule has 10 nitrogen and oxygen atoms in total. The van der Waals surface area contributed by atoms with E-state index in [4.69, 9.17) is 4.74 Å². The van der Waals surface area contributed by atoms with Gasteiger partial charge in [0.15, 0.2) is 5.82 Å². The number of fused-ring (bicyclic) bond motifs is 4. The van der Waals surface area contributed by atoms with E-state index in [1.165, 1.54) is 0 Å². The zero-order valence-electron chi connectivity index (χ0n) is 22.3. The molecule has 3 atom stereocenters. The van der Waals surface area contributed by atoms with Crippen LogP contribution in [0.5, 0.6) is 5.75 Å². The number of benzene rings is 1. The van der Waals surface area contributed by atoms with Gasteiger partial charge in [-0.05, 0) is 64.5 Å². The first-order chi connectivity index (χ1) is 18.0. The topological polar surface area (TPSA) is 115 Å². The van der Waals surface area contributed by atoms with Crippen molar-refractivity contribution in [2.24, 2.45) is 18.9 Å². The molecule has 2 fully saturated rings. The van der Waals surface area contributed by atoms with Crippen LogP contribution in [0, 0.1) is 18.8 Å². The number of pyridine rings is 1. The van der Waals surface area contributed by atoms with Gasteiger partial charge in [0.25, 0.3) is 5.56 Å². The van der Waals surface area contributed by atoms with Crippen LogP contribution in [-0.4, -0.2) is 58.6 Å². The van der Waals surface area contributed by atoms with Crippen molar-refractivity contribution in [3.05, 3.63) is 46.6 Å². The lowest BCUT2D eigenvalue weighted by Gasteiger charge is -2.33. The third kappa shape index (κ3) is 4.08. The predicted octanol–water partition coefficient (Wildman–Crippen LogP) is 4.00. The van der Waals surface area contributed by atoms with Crippen LogP contribution in [0.4, 0.5) is 4.79 Å². The van der Waals surface area contributed by atoms with Gasteiger partial charge in [0.2, 0.25) is 0 Å². The fourth-order valence-corrected chi connectivity index (χ4v) is 6.04. The Morgan fingerprint density at radius 2 is 2.05 bits per heavy atom. The number of amides is 1. The molecule has 2 aliphatic rings. The SMILES string of the molecule is Cc1c(O)c(-c2ncc3c(=O)n(C[C@H]4CC5CC4CN5C(=O)OC(C)(C)C)ccc3n2)cc2cn(C)nc12. The summed E-state index contributed by atoms with van der Waals surface area (Å²) in [5, 5.41) is 16.6. The van der Waals surface area contributed by atoms with E-state index < -0.39 is 5.60 Å².